The second kappa shape index (κ2) is 16.6. The lowest BCUT2D eigenvalue weighted by atomic mass is 10.0. The summed E-state index contributed by atoms with van der Waals surface area (Å²) in [7, 11) is 0. The molecule has 1 saturated heterocycles. The molecular weight excluding hydrogens is 358 g/mol. The fourth-order valence-electron chi connectivity index (χ4n) is 3.62. The van der Waals surface area contributed by atoms with Crippen molar-refractivity contribution in [3.05, 3.63) is 0 Å². The summed E-state index contributed by atoms with van der Waals surface area (Å²) in [5, 5.41) is 0. The van der Waals surface area contributed by atoms with Gasteiger partial charge in [-0.05, 0) is 45.2 Å². The zero-order valence-corrected chi connectivity index (χ0v) is 17.3. The zero-order valence-electron chi connectivity index (χ0n) is 14.8. The molecule has 1 fully saturated rings. The number of alkyl halides is 1. The number of rotatable bonds is 14. The molecule has 0 N–H and O–H groups in total. The molecule has 1 aliphatic rings. The summed E-state index contributed by atoms with van der Waals surface area (Å²) in [5.41, 5.74) is 0. The molecule has 3 heteroatoms. The van der Waals surface area contributed by atoms with Crippen LogP contribution in [0, 0.1) is 0 Å². The summed E-state index contributed by atoms with van der Waals surface area (Å²) < 4.78 is 0. The molecule has 1 nitrogen and oxygen atoms in total. The molecule has 1 atom stereocenters. The van der Waals surface area contributed by atoms with E-state index in [1.807, 2.05) is 0 Å². The average molecular weight is 397 g/mol. The average Bonchev–Trinajstić information content (AvgIpc) is 3.02. The first kappa shape index (κ1) is 22.7. The molecule has 0 aromatic heterocycles. The molecule has 1 heterocycles. The van der Waals surface area contributed by atoms with Gasteiger partial charge in [-0.15, -0.1) is 28.6 Å². The minimum atomic E-state index is 0. The second-order valence-corrected chi connectivity index (χ2v) is 7.22. The lowest BCUT2D eigenvalue weighted by Gasteiger charge is -2.27. The number of unbranched alkanes of at least 4 members (excludes halogenated alkanes) is 8. The van der Waals surface area contributed by atoms with E-state index < -0.39 is 0 Å². The first-order chi connectivity index (χ1) is 10.4. The summed E-state index contributed by atoms with van der Waals surface area (Å²) >= 11 is 5.89. The Bertz CT molecular complexity index is 219. The third-order valence-electron chi connectivity index (χ3n) is 4.97. The quantitative estimate of drug-likeness (QED) is 0.226. The molecule has 1 unspecified atom stereocenters. The molecule has 22 heavy (non-hydrogen) atoms. The fraction of sp³-hybridized carbons (Fsp3) is 1.00. The van der Waals surface area contributed by atoms with E-state index in [0.29, 0.717) is 0 Å². The molecule has 0 bridgehead atoms. The van der Waals surface area contributed by atoms with Crippen LogP contribution in [0.4, 0.5) is 0 Å². The van der Waals surface area contributed by atoms with Crippen molar-refractivity contribution in [2.24, 2.45) is 0 Å². The van der Waals surface area contributed by atoms with Crippen molar-refractivity contribution in [3.8, 4) is 0 Å². The lowest BCUT2D eigenvalue weighted by molar-refractivity contribution is 0.213. The molecule has 1 aliphatic heterocycles. The monoisotopic (exact) mass is 395 g/mol. The Morgan fingerprint density at radius 3 is 1.82 bits per heavy atom. The summed E-state index contributed by atoms with van der Waals surface area (Å²) in [5.74, 6) is 0.835. The van der Waals surface area contributed by atoms with Gasteiger partial charge in [-0.3, -0.25) is 0 Å². The van der Waals surface area contributed by atoms with Crippen molar-refractivity contribution >= 4 is 28.6 Å². The van der Waals surface area contributed by atoms with Crippen molar-refractivity contribution in [1.29, 1.82) is 0 Å². The van der Waals surface area contributed by atoms with Gasteiger partial charge in [-0.1, -0.05) is 64.7 Å². The maximum atomic E-state index is 5.89. The van der Waals surface area contributed by atoms with Crippen LogP contribution in [0.15, 0.2) is 0 Å². The van der Waals surface area contributed by atoms with E-state index in [-0.39, 0.29) is 17.0 Å². The first-order valence-electron chi connectivity index (χ1n) is 9.68. The Morgan fingerprint density at radius 2 is 1.27 bits per heavy atom. The molecule has 0 amide bonds. The Labute approximate surface area is 155 Å². The minimum absolute atomic E-state index is 0. The van der Waals surface area contributed by atoms with Crippen molar-refractivity contribution in [3.63, 3.8) is 0 Å². The molecule has 0 spiro atoms. The Kier molecular flexibility index (Phi) is 17.1. The van der Waals surface area contributed by atoms with Gasteiger partial charge in [-0.2, -0.15) is 0 Å². The lowest BCUT2D eigenvalue weighted by Crippen LogP contribution is -2.32. The van der Waals surface area contributed by atoms with Crippen LogP contribution in [0.5, 0.6) is 0 Å². The first-order valence-corrected chi connectivity index (χ1v) is 10.2. The highest BCUT2D eigenvalue weighted by atomic mass is 79.9. The molecule has 1 rings (SSSR count). The third kappa shape index (κ3) is 11.3. The number of hydrogen-bond donors (Lipinski definition) is 0. The van der Waals surface area contributed by atoms with Gasteiger partial charge in [0, 0.05) is 11.9 Å². The van der Waals surface area contributed by atoms with Crippen LogP contribution in [0.1, 0.15) is 96.8 Å². The summed E-state index contributed by atoms with van der Waals surface area (Å²) in [6.45, 7) is 4.97. The van der Waals surface area contributed by atoms with E-state index in [1.165, 1.54) is 103 Å². The van der Waals surface area contributed by atoms with Gasteiger partial charge in [0.15, 0.2) is 0 Å². The molecule has 0 aromatic rings. The smallest absolute Gasteiger partial charge is 0.0224 e. The summed E-state index contributed by atoms with van der Waals surface area (Å²) in [6, 6.07) is 0.829. The van der Waals surface area contributed by atoms with E-state index in [1.54, 1.807) is 0 Å². The van der Waals surface area contributed by atoms with E-state index in [9.17, 15) is 0 Å². The van der Waals surface area contributed by atoms with Gasteiger partial charge in [0.05, 0.1) is 0 Å². The molecule has 0 saturated carbocycles. The fourth-order valence-corrected chi connectivity index (χ4v) is 3.77. The van der Waals surface area contributed by atoms with E-state index in [2.05, 4.69) is 11.8 Å². The predicted molar refractivity (Wildman–Crippen MR) is 107 cm³/mol. The van der Waals surface area contributed by atoms with Crippen LogP contribution < -0.4 is 0 Å². The second-order valence-electron chi connectivity index (χ2n) is 6.85. The normalized spacial score (nSPS) is 16.6. The highest BCUT2D eigenvalue weighted by Crippen LogP contribution is 2.21. The van der Waals surface area contributed by atoms with Gasteiger partial charge in [0.1, 0.15) is 0 Å². The molecule has 0 aliphatic carbocycles. The minimum Gasteiger partial charge on any atom is -0.300 e. The maximum absolute atomic E-state index is 5.89. The van der Waals surface area contributed by atoms with Gasteiger partial charge in [0.2, 0.25) is 0 Å². The van der Waals surface area contributed by atoms with Crippen molar-refractivity contribution in [1.82, 2.24) is 4.90 Å². The van der Waals surface area contributed by atoms with Crippen LogP contribution in [-0.2, 0) is 0 Å². The third-order valence-corrected chi connectivity index (χ3v) is 5.24. The topological polar surface area (TPSA) is 3.24 Å². The molecule has 0 radical (unpaired) electrons. The Balaban J connectivity index is 0.00000441. The number of nitrogens with zero attached hydrogens (tertiary/aromatic N) is 1. The van der Waals surface area contributed by atoms with Crippen molar-refractivity contribution in [2.75, 3.05) is 19.0 Å². The zero-order chi connectivity index (χ0) is 15.2. The van der Waals surface area contributed by atoms with Gasteiger partial charge in [-0.25, -0.2) is 0 Å². The van der Waals surface area contributed by atoms with Crippen LogP contribution in [-0.4, -0.2) is 29.9 Å². The van der Waals surface area contributed by atoms with Gasteiger partial charge >= 0.3 is 0 Å². The van der Waals surface area contributed by atoms with E-state index in [0.717, 1.165) is 11.9 Å². The number of likely N-dealkylation sites (tertiary alicyclic amines) is 1. The SMILES string of the molecule is Br.CCCCCCCCCCCC(CCCCl)N1CCCC1. The van der Waals surface area contributed by atoms with Gasteiger partial charge < -0.3 is 4.90 Å². The van der Waals surface area contributed by atoms with Crippen LogP contribution >= 0.6 is 28.6 Å². The van der Waals surface area contributed by atoms with E-state index in [4.69, 9.17) is 11.6 Å². The summed E-state index contributed by atoms with van der Waals surface area (Å²) in [6.07, 6.45) is 19.7. The Hall–Kier alpha value is 0.730. The van der Waals surface area contributed by atoms with E-state index >= 15 is 0 Å². The molecule has 0 aromatic carbocycles. The van der Waals surface area contributed by atoms with Crippen LogP contribution in [0.2, 0.25) is 0 Å². The maximum Gasteiger partial charge on any atom is 0.0224 e. The highest BCUT2D eigenvalue weighted by Gasteiger charge is 2.20. The van der Waals surface area contributed by atoms with Crippen molar-refractivity contribution < 1.29 is 0 Å². The summed E-state index contributed by atoms with van der Waals surface area (Å²) in [4.78, 5) is 2.73. The van der Waals surface area contributed by atoms with Crippen molar-refractivity contribution in [2.45, 2.75) is 103 Å². The largest absolute Gasteiger partial charge is 0.300 e. The van der Waals surface area contributed by atoms with Crippen LogP contribution in [0.25, 0.3) is 0 Å². The highest BCUT2D eigenvalue weighted by molar-refractivity contribution is 8.93. The predicted octanol–water partition coefficient (Wildman–Crippen LogP) is 6.97. The Morgan fingerprint density at radius 1 is 0.773 bits per heavy atom. The molecule has 134 valence electrons. The standard InChI is InChI=1S/C19H38ClN.BrH/c1-2-3-4-5-6-7-8-9-10-14-19(15-13-16-20)21-17-11-12-18-21;/h19H,2-18H2,1H3;1H. The molecular formula is C19H39BrClN. The van der Waals surface area contributed by atoms with Gasteiger partial charge in [0.25, 0.3) is 0 Å². The van der Waals surface area contributed by atoms with Crippen LogP contribution in [0.3, 0.4) is 0 Å². The number of hydrogen-bond acceptors (Lipinski definition) is 1. The number of halogens is 2.